The van der Waals surface area contributed by atoms with Crippen LogP contribution in [0.3, 0.4) is 0 Å². The molecule has 0 spiro atoms. The maximum absolute atomic E-state index is 13.0. The SMILES string of the molecule is Cc1cc(C(O)CCCCC(=O)O)ccc1F. The number of benzene rings is 1. The molecule has 1 rings (SSSR count). The highest BCUT2D eigenvalue weighted by atomic mass is 19.1. The van der Waals surface area contributed by atoms with E-state index in [1.54, 1.807) is 19.1 Å². The zero-order valence-electron chi connectivity index (χ0n) is 9.82. The van der Waals surface area contributed by atoms with Gasteiger partial charge in [-0.2, -0.15) is 0 Å². The quantitative estimate of drug-likeness (QED) is 0.752. The molecule has 0 aliphatic carbocycles. The van der Waals surface area contributed by atoms with Gasteiger partial charge in [-0.25, -0.2) is 4.39 Å². The molecule has 0 aromatic heterocycles. The lowest BCUT2D eigenvalue weighted by Crippen LogP contribution is -2.00. The second-order valence-electron chi connectivity index (χ2n) is 4.16. The Morgan fingerprint density at radius 2 is 2.12 bits per heavy atom. The van der Waals surface area contributed by atoms with E-state index < -0.39 is 12.1 Å². The maximum Gasteiger partial charge on any atom is 0.303 e. The number of carboxylic acids is 1. The third-order valence-electron chi connectivity index (χ3n) is 2.68. The first-order valence-electron chi connectivity index (χ1n) is 5.66. The number of rotatable bonds is 6. The van der Waals surface area contributed by atoms with E-state index in [1.165, 1.54) is 6.07 Å². The van der Waals surface area contributed by atoms with Gasteiger partial charge in [-0.1, -0.05) is 12.1 Å². The molecule has 1 atom stereocenters. The van der Waals surface area contributed by atoms with Crippen molar-refractivity contribution in [2.45, 2.75) is 38.7 Å². The van der Waals surface area contributed by atoms with E-state index in [9.17, 15) is 14.3 Å². The molecule has 0 fully saturated rings. The highest BCUT2D eigenvalue weighted by molar-refractivity contribution is 5.66. The van der Waals surface area contributed by atoms with Gasteiger partial charge in [0.2, 0.25) is 0 Å². The minimum atomic E-state index is -0.822. The van der Waals surface area contributed by atoms with Crippen LogP contribution in [0, 0.1) is 12.7 Å². The van der Waals surface area contributed by atoms with E-state index in [4.69, 9.17) is 5.11 Å². The molecule has 0 saturated carbocycles. The highest BCUT2D eigenvalue weighted by Gasteiger charge is 2.09. The first kappa shape index (κ1) is 13.6. The number of hydrogen-bond acceptors (Lipinski definition) is 2. The fourth-order valence-electron chi connectivity index (χ4n) is 1.66. The van der Waals surface area contributed by atoms with Gasteiger partial charge in [-0.15, -0.1) is 0 Å². The summed E-state index contributed by atoms with van der Waals surface area (Å²) in [5.74, 6) is -1.11. The van der Waals surface area contributed by atoms with Gasteiger partial charge < -0.3 is 10.2 Å². The van der Waals surface area contributed by atoms with Gasteiger partial charge in [-0.3, -0.25) is 4.79 Å². The lowest BCUT2D eigenvalue weighted by atomic mass is 10.0. The molecule has 0 bridgehead atoms. The molecule has 0 radical (unpaired) electrons. The van der Waals surface area contributed by atoms with Gasteiger partial charge in [0.1, 0.15) is 5.82 Å². The van der Waals surface area contributed by atoms with Crippen LogP contribution in [0.1, 0.15) is 42.9 Å². The zero-order chi connectivity index (χ0) is 12.8. The molecule has 0 saturated heterocycles. The Morgan fingerprint density at radius 3 is 2.71 bits per heavy atom. The summed E-state index contributed by atoms with van der Waals surface area (Å²) in [5.41, 5.74) is 1.19. The lowest BCUT2D eigenvalue weighted by Gasteiger charge is -2.11. The topological polar surface area (TPSA) is 57.5 Å². The first-order chi connectivity index (χ1) is 8.00. The van der Waals surface area contributed by atoms with Crippen molar-refractivity contribution in [3.63, 3.8) is 0 Å². The zero-order valence-corrected chi connectivity index (χ0v) is 9.82. The Labute approximate surface area is 99.9 Å². The van der Waals surface area contributed by atoms with Gasteiger partial charge in [0.05, 0.1) is 6.10 Å². The highest BCUT2D eigenvalue weighted by Crippen LogP contribution is 2.21. The number of aliphatic hydroxyl groups is 1. The van der Waals surface area contributed by atoms with Crippen LogP contribution in [0.25, 0.3) is 0 Å². The third kappa shape index (κ3) is 4.53. The smallest absolute Gasteiger partial charge is 0.303 e. The van der Waals surface area contributed by atoms with Crippen molar-refractivity contribution in [1.29, 1.82) is 0 Å². The van der Waals surface area contributed by atoms with Gasteiger partial charge in [0.25, 0.3) is 0 Å². The van der Waals surface area contributed by atoms with Crippen molar-refractivity contribution < 1.29 is 19.4 Å². The molecule has 3 nitrogen and oxygen atoms in total. The van der Waals surface area contributed by atoms with Gasteiger partial charge >= 0.3 is 5.97 Å². The van der Waals surface area contributed by atoms with Gasteiger partial charge in [-0.05, 0) is 43.4 Å². The van der Waals surface area contributed by atoms with Gasteiger partial charge in [0, 0.05) is 6.42 Å². The number of hydrogen-bond donors (Lipinski definition) is 2. The minimum absolute atomic E-state index is 0.120. The number of aryl methyl sites for hydroxylation is 1. The van der Waals surface area contributed by atoms with Crippen molar-refractivity contribution in [2.75, 3.05) is 0 Å². The summed E-state index contributed by atoms with van der Waals surface area (Å²) in [4.78, 5) is 10.3. The fraction of sp³-hybridized carbons (Fsp3) is 0.462. The fourth-order valence-corrected chi connectivity index (χ4v) is 1.66. The van der Waals surface area contributed by atoms with Crippen LogP contribution < -0.4 is 0 Å². The van der Waals surface area contributed by atoms with Crippen molar-refractivity contribution in [3.8, 4) is 0 Å². The number of aliphatic hydroxyl groups excluding tert-OH is 1. The summed E-state index contributed by atoms with van der Waals surface area (Å²) in [5, 5.41) is 18.3. The third-order valence-corrected chi connectivity index (χ3v) is 2.68. The largest absolute Gasteiger partial charge is 0.481 e. The monoisotopic (exact) mass is 240 g/mol. The van der Waals surface area contributed by atoms with Crippen LogP contribution in [-0.2, 0) is 4.79 Å². The second kappa shape index (κ2) is 6.35. The van der Waals surface area contributed by atoms with Crippen LogP contribution in [0.15, 0.2) is 18.2 Å². The molecule has 2 N–H and O–H groups in total. The summed E-state index contributed by atoms with van der Waals surface area (Å²) < 4.78 is 13.0. The number of aliphatic carboxylic acids is 1. The Morgan fingerprint density at radius 1 is 1.41 bits per heavy atom. The van der Waals surface area contributed by atoms with E-state index in [2.05, 4.69) is 0 Å². The van der Waals surface area contributed by atoms with E-state index in [0.29, 0.717) is 30.4 Å². The summed E-state index contributed by atoms with van der Waals surface area (Å²) in [6.07, 6.45) is 1.16. The normalized spacial score (nSPS) is 12.4. The number of unbranched alkanes of at least 4 members (excludes halogenated alkanes) is 1. The first-order valence-corrected chi connectivity index (χ1v) is 5.66. The summed E-state index contributed by atoms with van der Waals surface area (Å²) in [6.45, 7) is 1.65. The molecular formula is C13H17FO3. The predicted molar refractivity (Wildman–Crippen MR) is 62.2 cm³/mol. The van der Waals surface area contributed by atoms with Crippen LogP contribution in [0.2, 0.25) is 0 Å². The molecule has 1 unspecified atom stereocenters. The van der Waals surface area contributed by atoms with Crippen molar-refractivity contribution >= 4 is 5.97 Å². The minimum Gasteiger partial charge on any atom is -0.481 e. The maximum atomic E-state index is 13.0. The molecule has 0 aliphatic heterocycles. The Hall–Kier alpha value is -1.42. The second-order valence-corrected chi connectivity index (χ2v) is 4.16. The number of halogens is 1. The molecule has 4 heteroatoms. The molecule has 94 valence electrons. The predicted octanol–water partition coefficient (Wildman–Crippen LogP) is 2.81. The average Bonchev–Trinajstić information content (AvgIpc) is 2.27. The average molecular weight is 240 g/mol. The summed E-state index contributed by atoms with van der Waals surface area (Å²) in [6, 6.07) is 4.52. The molecule has 17 heavy (non-hydrogen) atoms. The Bertz CT molecular complexity index is 390. The molecule has 1 aromatic carbocycles. The Balaban J connectivity index is 2.44. The van der Waals surface area contributed by atoms with Crippen LogP contribution in [-0.4, -0.2) is 16.2 Å². The number of carboxylic acid groups (broad SMARTS) is 1. The van der Waals surface area contributed by atoms with E-state index >= 15 is 0 Å². The molecule has 0 aliphatic rings. The number of carbonyl (C=O) groups is 1. The van der Waals surface area contributed by atoms with E-state index in [0.717, 1.165) is 0 Å². The summed E-state index contributed by atoms with van der Waals surface area (Å²) in [7, 11) is 0. The summed E-state index contributed by atoms with van der Waals surface area (Å²) >= 11 is 0. The van der Waals surface area contributed by atoms with E-state index in [-0.39, 0.29) is 12.2 Å². The standard InChI is InChI=1S/C13H17FO3/c1-9-8-10(6-7-11(9)14)12(15)4-2-3-5-13(16)17/h6-8,12,15H,2-5H2,1H3,(H,16,17). The van der Waals surface area contributed by atoms with Crippen molar-refractivity contribution in [2.24, 2.45) is 0 Å². The van der Waals surface area contributed by atoms with E-state index in [1.807, 2.05) is 0 Å². The Kier molecular flexibility index (Phi) is 5.10. The van der Waals surface area contributed by atoms with Gasteiger partial charge in [0.15, 0.2) is 0 Å². The molecule has 1 aromatic rings. The lowest BCUT2D eigenvalue weighted by molar-refractivity contribution is -0.137. The van der Waals surface area contributed by atoms with Crippen LogP contribution >= 0.6 is 0 Å². The van der Waals surface area contributed by atoms with Crippen molar-refractivity contribution in [1.82, 2.24) is 0 Å². The van der Waals surface area contributed by atoms with Crippen LogP contribution in [0.5, 0.6) is 0 Å². The molecule has 0 amide bonds. The van der Waals surface area contributed by atoms with Crippen molar-refractivity contribution in [3.05, 3.63) is 35.1 Å². The molecule has 0 heterocycles. The molecular weight excluding hydrogens is 223 g/mol. The van der Waals surface area contributed by atoms with Crippen LogP contribution in [0.4, 0.5) is 4.39 Å².